The number of carboxylic acid groups (broad SMARTS) is 2. The lowest BCUT2D eigenvalue weighted by atomic mass is 10.1. The first-order valence-electron chi connectivity index (χ1n) is 6.49. The van der Waals surface area contributed by atoms with Crippen LogP contribution in [0, 0.1) is 0 Å². The predicted molar refractivity (Wildman–Crippen MR) is 83.0 cm³/mol. The quantitative estimate of drug-likeness (QED) is 0.602. The predicted octanol–water partition coefficient (Wildman–Crippen LogP) is 3.25. The van der Waals surface area contributed by atoms with Gasteiger partial charge in [0, 0.05) is 10.6 Å². The Kier molecular flexibility index (Phi) is 5.43. The van der Waals surface area contributed by atoms with Crippen LogP contribution in [0.5, 0.6) is 5.75 Å². The lowest BCUT2D eigenvalue weighted by Crippen LogP contribution is -2.09. The largest absolute Gasteiger partial charge is 0.493 e. The molecule has 0 bridgehead atoms. The van der Waals surface area contributed by atoms with Gasteiger partial charge in [-0.3, -0.25) is 0 Å². The molecule has 0 fully saturated rings. The molecule has 114 valence electrons. The third-order valence-corrected chi connectivity index (χ3v) is 3.79. The number of hydrogen-bond donors (Lipinski definition) is 2. The van der Waals surface area contributed by atoms with Crippen molar-refractivity contribution in [3.8, 4) is 5.75 Å². The van der Waals surface area contributed by atoms with Crippen LogP contribution in [-0.4, -0.2) is 34.5 Å². The van der Waals surface area contributed by atoms with Gasteiger partial charge in [0.25, 0.3) is 0 Å². The van der Waals surface area contributed by atoms with E-state index >= 15 is 0 Å². The fourth-order valence-electron chi connectivity index (χ4n) is 1.81. The van der Waals surface area contributed by atoms with E-state index in [1.807, 2.05) is 30.3 Å². The van der Waals surface area contributed by atoms with Gasteiger partial charge in [-0.1, -0.05) is 18.2 Å². The average molecular weight is 318 g/mol. The highest BCUT2D eigenvalue weighted by atomic mass is 32.2. The fraction of sp³-hybridized carbons (Fsp3) is 0.125. The van der Waals surface area contributed by atoms with Gasteiger partial charge >= 0.3 is 11.9 Å². The third kappa shape index (κ3) is 4.26. The zero-order chi connectivity index (χ0) is 15.9. The Labute approximate surface area is 131 Å². The highest BCUT2D eigenvalue weighted by Crippen LogP contribution is 2.20. The summed E-state index contributed by atoms with van der Waals surface area (Å²) in [5.74, 6) is -1.52. The standard InChI is InChI=1S/C16H14O5S/c17-15(18)13-7-6-11(10-14(13)16(19)20)21-8-9-22-12-4-2-1-3-5-12/h1-7,10H,8-9H2,(H,17,18)(H,19,20). The molecule has 0 aliphatic rings. The lowest BCUT2D eigenvalue weighted by molar-refractivity contribution is 0.0651. The summed E-state index contributed by atoms with van der Waals surface area (Å²) in [7, 11) is 0. The Morgan fingerprint density at radius 3 is 2.27 bits per heavy atom. The fourth-order valence-corrected chi connectivity index (χ4v) is 2.56. The summed E-state index contributed by atoms with van der Waals surface area (Å²) in [5, 5.41) is 18.0. The summed E-state index contributed by atoms with van der Waals surface area (Å²) >= 11 is 1.62. The Hall–Kier alpha value is -2.47. The number of rotatable bonds is 7. The van der Waals surface area contributed by atoms with E-state index in [2.05, 4.69) is 0 Å². The summed E-state index contributed by atoms with van der Waals surface area (Å²) in [5.41, 5.74) is -0.528. The SMILES string of the molecule is O=C(O)c1ccc(OCCSc2ccccc2)cc1C(=O)O. The van der Waals surface area contributed by atoms with Gasteiger partial charge in [-0.05, 0) is 30.3 Å². The van der Waals surface area contributed by atoms with Crippen molar-refractivity contribution in [1.29, 1.82) is 0 Å². The highest BCUT2D eigenvalue weighted by Gasteiger charge is 2.16. The first-order valence-corrected chi connectivity index (χ1v) is 7.48. The molecule has 0 saturated heterocycles. The molecule has 5 nitrogen and oxygen atoms in total. The summed E-state index contributed by atoms with van der Waals surface area (Å²) in [4.78, 5) is 23.1. The van der Waals surface area contributed by atoms with Crippen molar-refractivity contribution in [2.45, 2.75) is 4.90 Å². The van der Waals surface area contributed by atoms with Gasteiger partial charge in [-0.2, -0.15) is 0 Å². The minimum absolute atomic E-state index is 0.251. The third-order valence-electron chi connectivity index (χ3n) is 2.82. The average Bonchev–Trinajstić information content (AvgIpc) is 2.52. The van der Waals surface area contributed by atoms with E-state index in [0.717, 1.165) is 4.90 Å². The van der Waals surface area contributed by atoms with Crippen LogP contribution >= 0.6 is 11.8 Å². The summed E-state index contributed by atoms with van der Waals surface area (Å²) in [6.07, 6.45) is 0. The molecule has 0 spiro atoms. The normalized spacial score (nSPS) is 10.2. The maximum absolute atomic E-state index is 11.1. The van der Waals surface area contributed by atoms with Gasteiger partial charge in [0.2, 0.25) is 0 Å². The molecule has 0 aromatic heterocycles. The van der Waals surface area contributed by atoms with Crippen LogP contribution in [-0.2, 0) is 0 Å². The molecule has 0 heterocycles. The molecule has 2 aromatic carbocycles. The first-order chi connectivity index (χ1) is 10.6. The van der Waals surface area contributed by atoms with Gasteiger partial charge in [0.15, 0.2) is 0 Å². The van der Waals surface area contributed by atoms with Crippen molar-refractivity contribution in [1.82, 2.24) is 0 Å². The van der Waals surface area contributed by atoms with E-state index in [4.69, 9.17) is 14.9 Å². The molecule has 2 rings (SSSR count). The van der Waals surface area contributed by atoms with Crippen LogP contribution in [0.15, 0.2) is 53.4 Å². The molecule has 2 N–H and O–H groups in total. The number of carboxylic acids is 2. The van der Waals surface area contributed by atoms with Crippen LogP contribution in [0.4, 0.5) is 0 Å². The van der Waals surface area contributed by atoms with Crippen molar-refractivity contribution < 1.29 is 24.5 Å². The molecule has 0 radical (unpaired) electrons. The van der Waals surface area contributed by atoms with E-state index < -0.39 is 11.9 Å². The van der Waals surface area contributed by atoms with E-state index in [9.17, 15) is 9.59 Å². The van der Waals surface area contributed by atoms with Crippen LogP contribution in [0.1, 0.15) is 20.7 Å². The molecular formula is C16H14O5S. The van der Waals surface area contributed by atoms with Crippen molar-refractivity contribution in [3.05, 3.63) is 59.7 Å². The molecule has 0 aliphatic heterocycles. The Balaban J connectivity index is 1.94. The maximum Gasteiger partial charge on any atom is 0.336 e. The smallest absolute Gasteiger partial charge is 0.336 e. The van der Waals surface area contributed by atoms with Crippen molar-refractivity contribution in [3.63, 3.8) is 0 Å². The molecule has 0 saturated carbocycles. The second kappa shape index (κ2) is 7.51. The zero-order valence-corrected chi connectivity index (χ0v) is 12.4. The molecular weight excluding hydrogens is 304 g/mol. The van der Waals surface area contributed by atoms with Crippen molar-refractivity contribution in [2.75, 3.05) is 12.4 Å². The molecule has 2 aromatic rings. The number of hydrogen-bond acceptors (Lipinski definition) is 4. The Morgan fingerprint density at radius 1 is 0.955 bits per heavy atom. The number of carbonyl (C=O) groups is 2. The Morgan fingerprint density at radius 2 is 1.64 bits per heavy atom. The van der Waals surface area contributed by atoms with Gasteiger partial charge in [0.05, 0.1) is 17.7 Å². The molecule has 0 amide bonds. The monoisotopic (exact) mass is 318 g/mol. The minimum Gasteiger partial charge on any atom is -0.493 e. The molecule has 0 aliphatic carbocycles. The van der Waals surface area contributed by atoms with E-state index in [-0.39, 0.29) is 11.1 Å². The highest BCUT2D eigenvalue weighted by molar-refractivity contribution is 7.99. The van der Waals surface area contributed by atoms with Crippen LogP contribution in [0.3, 0.4) is 0 Å². The minimum atomic E-state index is -1.29. The van der Waals surface area contributed by atoms with Crippen molar-refractivity contribution >= 4 is 23.7 Å². The second-order valence-corrected chi connectivity index (χ2v) is 5.50. The first kappa shape index (κ1) is 15.9. The van der Waals surface area contributed by atoms with E-state index in [1.54, 1.807) is 11.8 Å². The molecule has 0 unspecified atom stereocenters. The number of ether oxygens (including phenoxy) is 1. The maximum atomic E-state index is 11.1. The van der Waals surface area contributed by atoms with Gasteiger partial charge in [0.1, 0.15) is 5.75 Å². The molecule has 0 atom stereocenters. The zero-order valence-electron chi connectivity index (χ0n) is 11.6. The number of aromatic carboxylic acids is 2. The second-order valence-electron chi connectivity index (χ2n) is 4.33. The van der Waals surface area contributed by atoms with Crippen LogP contribution in [0.2, 0.25) is 0 Å². The van der Waals surface area contributed by atoms with E-state index in [0.29, 0.717) is 18.1 Å². The van der Waals surface area contributed by atoms with Gasteiger partial charge in [-0.25, -0.2) is 9.59 Å². The molecule has 22 heavy (non-hydrogen) atoms. The van der Waals surface area contributed by atoms with Crippen LogP contribution in [0.25, 0.3) is 0 Å². The molecule has 6 heteroatoms. The number of benzene rings is 2. The lowest BCUT2D eigenvalue weighted by Gasteiger charge is -2.08. The topological polar surface area (TPSA) is 83.8 Å². The van der Waals surface area contributed by atoms with E-state index in [1.165, 1.54) is 18.2 Å². The van der Waals surface area contributed by atoms with Gasteiger partial charge < -0.3 is 14.9 Å². The van der Waals surface area contributed by atoms with Gasteiger partial charge in [-0.15, -0.1) is 11.8 Å². The number of thioether (sulfide) groups is 1. The van der Waals surface area contributed by atoms with Crippen molar-refractivity contribution in [2.24, 2.45) is 0 Å². The summed E-state index contributed by atoms with van der Waals surface area (Å²) in [6.45, 7) is 0.394. The summed E-state index contributed by atoms with van der Waals surface area (Å²) in [6, 6.07) is 13.8. The van der Waals surface area contributed by atoms with Crippen LogP contribution < -0.4 is 4.74 Å². The Bertz CT molecular complexity index is 669. The summed E-state index contributed by atoms with van der Waals surface area (Å²) < 4.78 is 5.48.